The number of anilines is 2. The Kier molecular flexibility index (Phi) is 4.89. The van der Waals surface area contributed by atoms with Crippen LogP contribution in [0.25, 0.3) is 0 Å². The average Bonchev–Trinajstić information content (AvgIpc) is 2.73. The molecule has 0 saturated heterocycles. The standard InChI is InChI=1S/C21H21N5O2/c1-15(16-7-3-2-4-8-16)24-20-19(26(27)28)21(23-14-22-20)25-12-11-17-9-5-6-10-18(17)13-25/h2-10,14-15H,11-13H2,1H3,(H,22,23,24). The topological polar surface area (TPSA) is 84.2 Å². The number of rotatable bonds is 5. The van der Waals surface area contributed by atoms with Crippen molar-refractivity contribution in [3.05, 3.63) is 87.7 Å². The van der Waals surface area contributed by atoms with Crippen LogP contribution in [0.5, 0.6) is 0 Å². The first kappa shape index (κ1) is 17.9. The molecule has 0 fully saturated rings. The van der Waals surface area contributed by atoms with Crippen LogP contribution >= 0.6 is 0 Å². The van der Waals surface area contributed by atoms with Gasteiger partial charge in [0.15, 0.2) is 0 Å². The molecule has 0 spiro atoms. The van der Waals surface area contributed by atoms with E-state index >= 15 is 0 Å². The molecule has 0 bridgehead atoms. The summed E-state index contributed by atoms with van der Waals surface area (Å²) in [5.74, 6) is 0.600. The molecule has 0 saturated carbocycles. The number of nitro groups is 1. The van der Waals surface area contributed by atoms with E-state index in [1.807, 2.05) is 54.3 Å². The van der Waals surface area contributed by atoms with Crippen LogP contribution in [0.15, 0.2) is 60.9 Å². The highest BCUT2D eigenvalue weighted by Crippen LogP contribution is 2.35. The average molecular weight is 375 g/mol. The minimum atomic E-state index is -0.393. The summed E-state index contributed by atoms with van der Waals surface area (Å²) in [5.41, 5.74) is 3.41. The highest BCUT2D eigenvalue weighted by molar-refractivity contribution is 5.71. The van der Waals surface area contributed by atoms with Gasteiger partial charge in [-0.3, -0.25) is 10.1 Å². The van der Waals surface area contributed by atoms with Gasteiger partial charge in [0.2, 0.25) is 11.6 Å². The van der Waals surface area contributed by atoms with Gasteiger partial charge in [-0.2, -0.15) is 0 Å². The molecular weight excluding hydrogens is 354 g/mol. The van der Waals surface area contributed by atoms with Crippen molar-refractivity contribution in [2.75, 3.05) is 16.8 Å². The highest BCUT2D eigenvalue weighted by atomic mass is 16.6. The number of nitrogens with zero attached hydrogens (tertiary/aromatic N) is 4. The summed E-state index contributed by atoms with van der Waals surface area (Å²) in [6, 6.07) is 17.8. The van der Waals surface area contributed by atoms with Gasteiger partial charge in [-0.05, 0) is 30.0 Å². The van der Waals surface area contributed by atoms with Crippen LogP contribution in [0.4, 0.5) is 17.3 Å². The predicted molar refractivity (Wildman–Crippen MR) is 108 cm³/mol. The lowest BCUT2D eigenvalue weighted by molar-refractivity contribution is -0.383. The quantitative estimate of drug-likeness (QED) is 0.533. The van der Waals surface area contributed by atoms with Gasteiger partial charge in [0.05, 0.1) is 11.0 Å². The van der Waals surface area contributed by atoms with Crippen molar-refractivity contribution in [3.63, 3.8) is 0 Å². The van der Waals surface area contributed by atoms with Crippen molar-refractivity contribution in [2.24, 2.45) is 0 Å². The van der Waals surface area contributed by atoms with Crippen LogP contribution in [0.2, 0.25) is 0 Å². The van der Waals surface area contributed by atoms with Gasteiger partial charge in [0, 0.05) is 13.1 Å². The third-order valence-electron chi connectivity index (χ3n) is 5.07. The van der Waals surface area contributed by atoms with Crippen molar-refractivity contribution >= 4 is 17.3 Å². The van der Waals surface area contributed by atoms with Crippen LogP contribution in [-0.2, 0) is 13.0 Å². The maximum absolute atomic E-state index is 11.9. The Morgan fingerprint density at radius 3 is 2.54 bits per heavy atom. The molecule has 1 N–H and O–H groups in total. The van der Waals surface area contributed by atoms with E-state index in [2.05, 4.69) is 27.4 Å². The molecular formula is C21H21N5O2. The van der Waals surface area contributed by atoms with Crippen molar-refractivity contribution in [3.8, 4) is 0 Å². The molecule has 28 heavy (non-hydrogen) atoms. The van der Waals surface area contributed by atoms with Crippen LogP contribution in [-0.4, -0.2) is 21.4 Å². The molecule has 2 heterocycles. The van der Waals surface area contributed by atoms with Crippen molar-refractivity contribution in [1.29, 1.82) is 0 Å². The van der Waals surface area contributed by atoms with Gasteiger partial charge >= 0.3 is 5.69 Å². The summed E-state index contributed by atoms with van der Waals surface area (Å²) in [5, 5.41) is 15.1. The Bertz CT molecular complexity index is 993. The Morgan fingerprint density at radius 1 is 1.07 bits per heavy atom. The summed E-state index contributed by atoms with van der Waals surface area (Å²) in [7, 11) is 0. The molecule has 3 aromatic rings. The van der Waals surface area contributed by atoms with Crippen LogP contribution in [0, 0.1) is 10.1 Å². The van der Waals surface area contributed by atoms with Gasteiger partial charge in [0.1, 0.15) is 6.33 Å². The van der Waals surface area contributed by atoms with Gasteiger partial charge in [0.25, 0.3) is 0 Å². The molecule has 1 aliphatic rings. The lowest BCUT2D eigenvalue weighted by Crippen LogP contribution is -2.31. The fraction of sp³-hybridized carbons (Fsp3) is 0.238. The minimum absolute atomic E-state index is 0.0790. The summed E-state index contributed by atoms with van der Waals surface area (Å²) in [4.78, 5) is 21.9. The smallest absolute Gasteiger partial charge is 0.353 e. The molecule has 0 radical (unpaired) electrons. The van der Waals surface area contributed by atoms with Crippen LogP contribution in [0.3, 0.4) is 0 Å². The third-order valence-corrected chi connectivity index (χ3v) is 5.07. The van der Waals surface area contributed by atoms with Gasteiger partial charge in [-0.15, -0.1) is 0 Å². The normalized spacial score (nSPS) is 14.2. The number of aromatic nitrogens is 2. The second-order valence-electron chi connectivity index (χ2n) is 6.87. The van der Waals surface area contributed by atoms with Gasteiger partial charge in [-0.1, -0.05) is 54.6 Å². The summed E-state index contributed by atoms with van der Waals surface area (Å²) < 4.78 is 0. The van der Waals surface area contributed by atoms with E-state index < -0.39 is 4.92 Å². The number of hydrogen-bond donors (Lipinski definition) is 1. The Morgan fingerprint density at radius 2 is 1.79 bits per heavy atom. The van der Waals surface area contributed by atoms with Crippen molar-refractivity contribution < 1.29 is 4.92 Å². The first-order valence-corrected chi connectivity index (χ1v) is 9.26. The molecule has 4 rings (SSSR count). The predicted octanol–water partition coefficient (Wildman–Crippen LogP) is 4.12. The zero-order chi connectivity index (χ0) is 19.5. The summed E-state index contributed by atoms with van der Waals surface area (Å²) >= 11 is 0. The van der Waals surface area contributed by atoms with E-state index in [1.165, 1.54) is 17.5 Å². The number of fused-ring (bicyclic) bond motifs is 1. The molecule has 1 unspecified atom stereocenters. The summed E-state index contributed by atoms with van der Waals surface area (Å²) in [6.45, 7) is 3.24. The largest absolute Gasteiger partial charge is 0.358 e. The fourth-order valence-corrected chi connectivity index (χ4v) is 3.58. The summed E-state index contributed by atoms with van der Waals surface area (Å²) in [6.07, 6.45) is 2.23. The lowest BCUT2D eigenvalue weighted by atomic mass is 10.00. The number of benzene rings is 2. The SMILES string of the molecule is CC(Nc1ncnc(N2CCc3ccccc3C2)c1[N+](=O)[O-])c1ccccc1. The molecule has 1 atom stereocenters. The van der Waals surface area contributed by atoms with E-state index in [1.54, 1.807) is 0 Å². The monoisotopic (exact) mass is 375 g/mol. The Labute approximate surface area is 163 Å². The van der Waals surface area contributed by atoms with Crippen molar-refractivity contribution in [1.82, 2.24) is 9.97 Å². The first-order valence-electron chi connectivity index (χ1n) is 9.26. The molecule has 142 valence electrons. The van der Waals surface area contributed by atoms with E-state index in [9.17, 15) is 10.1 Å². The zero-order valence-corrected chi connectivity index (χ0v) is 15.6. The van der Waals surface area contributed by atoms with E-state index in [4.69, 9.17) is 0 Å². The maximum atomic E-state index is 11.9. The number of nitrogens with one attached hydrogen (secondary N) is 1. The van der Waals surface area contributed by atoms with Crippen LogP contribution in [0.1, 0.15) is 29.7 Å². The maximum Gasteiger partial charge on any atom is 0.353 e. The second-order valence-corrected chi connectivity index (χ2v) is 6.87. The molecule has 2 aromatic carbocycles. The van der Waals surface area contributed by atoms with Crippen LogP contribution < -0.4 is 10.2 Å². The van der Waals surface area contributed by atoms with Gasteiger partial charge < -0.3 is 10.2 Å². The minimum Gasteiger partial charge on any atom is -0.358 e. The van der Waals surface area contributed by atoms with E-state index in [0.29, 0.717) is 18.9 Å². The third kappa shape index (κ3) is 3.51. The van der Waals surface area contributed by atoms with Crippen molar-refractivity contribution in [2.45, 2.75) is 25.9 Å². The molecule has 1 aliphatic heterocycles. The molecule has 1 aromatic heterocycles. The highest BCUT2D eigenvalue weighted by Gasteiger charge is 2.29. The molecule has 7 nitrogen and oxygen atoms in total. The lowest BCUT2D eigenvalue weighted by Gasteiger charge is -2.29. The molecule has 7 heteroatoms. The van der Waals surface area contributed by atoms with Gasteiger partial charge in [-0.25, -0.2) is 9.97 Å². The molecule has 0 amide bonds. The number of hydrogen-bond acceptors (Lipinski definition) is 6. The Balaban J connectivity index is 1.66. The second kappa shape index (κ2) is 7.64. The Hall–Kier alpha value is -3.48. The van der Waals surface area contributed by atoms with E-state index in [-0.39, 0.29) is 17.5 Å². The fourth-order valence-electron chi connectivity index (χ4n) is 3.58. The first-order chi connectivity index (χ1) is 13.6. The van der Waals surface area contributed by atoms with E-state index in [0.717, 1.165) is 12.0 Å². The zero-order valence-electron chi connectivity index (χ0n) is 15.6. The molecule has 0 aliphatic carbocycles.